The van der Waals surface area contributed by atoms with Crippen LogP contribution in [0, 0.1) is 11.3 Å². The summed E-state index contributed by atoms with van der Waals surface area (Å²) in [5.74, 6) is 0.414. The first-order valence-electron chi connectivity index (χ1n) is 10.6. The number of nitrogen functional groups attached to an aromatic ring is 1. The first-order valence-corrected chi connectivity index (χ1v) is 11.4. The van der Waals surface area contributed by atoms with Gasteiger partial charge in [0.15, 0.2) is 0 Å². The van der Waals surface area contributed by atoms with Gasteiger partial charge in [-0.05, 0) is 40.5 Å². The molecule has 33 heavy (non-hydrogen) atoms. The van der Waals surface area contributed by atoms with E-state index in [1.807, 2.05) is 54.6 Å². The summed E-state index contributed by atoms with van der Waals surface area (Å²) in [7, 11) is 1.60. The number of carbonyl (C=O) groups excluding carboxylic acids is 1. The normalized spacial score (nSPS) is 15.0. The predicted octanol–water partition coefficient (Wildman–Crippen LogP) is 5.00. The molecule has 4 N–H and O–H groups in total. The van der Waals surface area contributed by atoms with Crippen LogP contribution in [0.5, 0.6) is 5.75 Å². The third-order valence-corrected chi connectivity index (χ3v) is 7.22. The van der Waals surface area contributed by atoms with Crippen LogP contribution in [0.15, 0.2) is 60.7 Å². The first kappa shape index (κ1) is 21.0. The van der Waals surface area contributed by atoms with E-state index < -0.39 is 0 Å². The topological polar surface area (TPSA) is 100 Å². The molecule has 0 spiro atoms. The summed E-state index contributed by atoms with van der Waals surface area (Å²) >= 11 is 1.45. The highest BCUT2D eigenvalue weighted by Crippen LogP contribution is 2.41. The standard InChI is InChI=1S/C26H22N4O2S/c1-32-22-11-5-10-18(24(22)28)21-12-19-20(13-27)26(33-23(19)14-29-21)30-25(31)17-9-4-7-15-6-2-3-8-16(15)17/h2-11,21,29H,12,14,28H2,1H3,(H,30,31). The molecule has 5 rings (SSSR count). The molecule has 1 aromatic heterocycles. The van der Waals surface area contributed by atoms with Gasteiger partial charge in [0.2, 0.25) is 0 Å². The number of para-hydroxylation sites is 1. The molecule has 7 heteroatoms. The Kier molecular flexibility index (Phi) is 5.47. The molecule has 3 aromatic carbocycles. The molecular formula is C26H22N4O2S. The van der Waals surface area contributed by atoms with Gasteiger partial charge in [-0.15, -0.1) is 11.3 Å². The van der Waals surface area contributed by atoms with Crippen LogP contribution in [0.1, 0.15) is 38.0 Å². The van der Waals surface area contributed by atoms with E-state index in [2.05, 4.69) is 16.7 Å². The number of nitriles is 1. The predicted molar refractivity (Wildman–Crippen MR) is 132 cm³/mol. The number of thiophene rings is 1. The molecule has 6 nitrogen and oxygen atoms in total. The lowest BCUT2D eigenvalue weighted by Crippen LogP contribution is -2.28. The summed E-state index contributed by atoms with van der Waals surface area (Å²) in [6.45, 7) is 0.597. The summed E-state index contributed by atoms with van der Waals surface area (Å²) in [5.41, 5.74) is 9.92. The number of nitrogens with one attached hydrogen (secondary N) is 2. The van der Waals surface area contributed by atoms with Crippen molar-refractivity contribution < 1.29 is 9.53 Å². The van der Waals surface area contributed by atoms with Gasteiger partial charge in [0, 0.05) is 23.0 Å². The van der Waals surface area contributed by atoms with Crippen molar-refractivity contribution in [2.45, 2.75) is 19.0 Å². The minimum atomic E-state index is -0.219. The van der Waals surface area contributed by atoms with Crippen molar-refractivity contribution in [2.24, 2.45) is 0 Å². The number of amides is 1. The molecule has 164 valence electrons. The van der Waals surface area contributed by atoms with Crippen molar-refractivity contribution in [3.05, 3.63) is 87.8 Å². The molecule has 0 fully saturated rings. The van der Waals surface area contributed by atoms with E-state index in [9.17, 15) is 10.1 Å². The third kappa shape index (κ3) is 3.69. The van der Waals surface area contributed by atoms with E-state index >= 15 is 0 Å². The van der Waals surface area contributed by atoms with Crippen LogP contribution >= 0.6 is 11.3 Å². The maximum absolute atomic E-state index is 13.2. The van der Waals surface area contributed by atoms with Gasteiger partial charge < -0.3 is 21.1 Å². The van der Waals surface area contributed by atoms with Crippen LogP contribution in [-0.4, -0.2) is 13.0 Å². The number of nitrogens with two attached hydrogens (primary N) is 1. The Morgan fingerprint density at radius 2 is 1.97 bits per heavy atom. The van der Waals surface area contributed by atoms with Gasteiger partial charge in [0.1, 0.15) is 16.8 Å². The van der Waals surface area contributed by atoms with Crippen molar-refractivity contribution in [1.29, 1.82) is 5.26 Å². The molecule has 0 bridgehead atoms. The van der Waals surface area contributed by atoms with Gasteiger partial charge in [-0.25, -0.2) is 0 Å². The van der Waals surface area contributed by atoms with E-state index in [1.165, 1.54) is 11.3 Å². The third-order valence-electron chi connectivity index (χ3n) is 6.08. The average molecular weight is 455 g/mol. The molecule has 0 radical (unpaired) electrons. The summed E-state index contributed by atoms with van der Waals surface area (Å²) in [5, 5.41) is 18.9. The smallest absolute Gasteiger partial charge is 0.256 e. The number of hydrogen-bond acceptors (Lipinski definition) is 6. The summed E-state index contributed by atoms with van der Waals surface area (Å²) in [6, 6.07) is 21.4. The number of hydrogen-bond donors (Lipinski definition) is 3. The lowest BCUT2D eigenvalue weighted by Gasteiger charge is -2.26. The minimum absolute atomic E-state index is 0.0454. The molecule has 4 aromatic rings. The number of nitrogens with zero attached hydrogens (tertiary/aromatic N) is 1. The molecule has 1 atom stereocenters. The highest BCUT2D eigenvalue weighted by atomic mass is 32.1. The fraction of sp³-hybridized carbons (Fsp3) is 0.154. The summed E-state index contributed by atoms with van der Waals surface area (Å²) in [4.78, 5) is 14.2. The highest BCUT2D eigenvalue weighted by Gasteiger charge is 2.28. The average Bonchev–Trinajstić information content (AvgIpc) is 3.19. The molecule has 0 saturated carbocycles. The van der Waals surface area contributed by atoms with Gasteiger partial charge in [0.05, 0.1) is 18.4 Å². The quantitative estimate of drug-likeness (QED) is 0.377. The lowest BCUT2D eigenvalue weighted by atomic mass is 9.92. The van der Waals surface area contributed by atoms with E-state index in [-0.39, 0.29) is 11.9 Å². The van der Waals surface area contributed by atoms with E-state index in [1.54, 1.807) is 13.2 Å². The summed E-state index contributed by atoms with van der Waals surface area (Å²) < 4.78 is 5.36. The Bertz CT molecular complexity index is 1410. The second-order valence-corrected chi connectivity index (χ2v) is 9.01. The summed E-state index contributed by atoms with van der Waals surface area (Å²) in [6.07, 6.45) is 0.607. The monoisotopic (exact) mass is 454 g/mol. The maximum atomic E-state index is 13.2. The van der Waals surface area contributed by atoms with E-state index in [4.69, 9.17) is 10.5 Å². The van der Waals surface area contributed by atoms with Crippen molar-refractivity contribution in [3.63, 3.8) is 0 Å². The Balaban J connectivity index is 1.46. The minimum Gasteiger partial charge on any atom is -0.495 e. The van der Waals surface area contributed by atoms with E-state index in [0.29, 0.717) is 40.5 Å². The van der Waals surface area contributed by atoms with Crippen molar-refractivity contribution in [2.75, 3.05) is 18.2 Å². The van der Waals surface area contributed by atoms with Crippen LogP contribution < -0.4 is 21.1 Å². The molecule has 1 aliphatic rings. The molecule has 0 saturated heterocycles. The van der Waals surface area contributed by atoms with Gasteiger partial charge in [0.25, 0.3) is 5.91 Å². The lowest BCUT2D eigenvalue weighted by molar-refractivity contribution is 0.102. The number of anilines is 2. The largest absolute Gasteiger partial charge is 0.495 e. The zero-order chi connectivity index (χ0) is 22.9. The van der Waals surface area contributed by atoms with Crippen LogP contribution in [-0.2, 0) is 13.0 Å². The zero-order valence-electron chi connectivity index (χ0n) is 18.0. The first-order chi connectivity index (χ1) is 16.1. The molecule has 1 aliphatic heterocycles. The van der Waals surface area contributed by atoms with Crippen molar-refractivity contribution >= 4 is 38.7 Å². The maximum Gasteiger partial charge on any atom is 0.256 e. The Labute approximate surface area is 195 Å². The van der Waals surface area contributed by atoms with Crippen molar-refractivity contribution in [1.82, 2.24) is 5.32 Å². The van der Waals surface area contributed by atoms with Crippen LogP contribution in [0.4, 0.5) is 10.7 Å². The Morgan fingerprint density at radius 3 is 2.79 bits per heavy atom. The number of ether oxygens (including phenoxy) is 1. The zero-order valence-corrected chi connectivity index (χ0v) is 18.8. The highest BCUT2D eigenvalue weighted by molar-refractivity contribution is 7.16. The van der Waals surface area contributed by atoms with Crippen LogP contribution in [0.3, 0.4) is 0 Å². The fourth-order valence-corrected chi connectivity index (χ4v) is 5.55. The van der Waals surface area contributed by atoms with Crippen LogP contribution in [0.25, 0.3) is 10.8 Å². The van der Waals surface area contributed by atoms with Gasteiger partial charge in [-0.2, -0.15) is 5.26 Å². The number of benzene rings is 3. The van der Waals surface area contributed by atoms with Gasteiger partial charge in [-0.1, -0.05) is 48.5 Å². The second-order valence-electron chi connectivity index (χ2n) is 7.90. The number of rotatable bonds is 4. The molecule has 1 amide bonds. The fourth-order valence-electron chi connectivity index (χ4n) is 4.43. The molecular weight excluding hydrogens is 432 g/mol. The molecule has 0 aliphatic carbocycles. The van der Waals surface area contributed by atoms with Gasteiger partial charge in [-0.3, -0.25) is 4.79 Å². The number of carbonyl (C=O) groups is 1. The number of methoxy groups -OCH3 is 1. The SMILES string of the molecule is COc1cccc(C2Cc3c(sc(NC(=O)c4cccc5ccccc45)c3C#N)CN2)c1N. The Morgan fingerprint density at radius 1 is 1.18 bits per heavy atom. The molecule has 2 heterocycles. The van der Waals surface area contributed by atoms with Crippen LogP contribution in [0.2, 0.25) is 0 Å². The van der Waals surface area contributed by atoms with Gasteiger partial charge >= 0.3 is 0 Å². The Hall–Kier alpha value is -3.86. The van der Waals surface area contributed by atoms with E-state index in [0.717, 1.165) is 26.8 Å². The molecule has 1 unspecified atom stereocenters. The number of fused-ring (bicyclic) bond motifs is 2. The second kappa shape index (κ2) is 8.58. The van der Waals surface area contributed by atoms with Crippen molar-refractivity contribution in [3.8, 4) is 11.8 Å².